The molecule has 8 nitrogen and oxygen atoms in total. The van der Waals surface area contributed by atoms with Gasteiger partial charge in [0.05, 0.1) is 16.1 Å². The van der Waals surface area contributed by atoms with Crippen LogP contribution in [0.1, 0.15) is 32.7 Å². The minimum absolute atomic E-state index is 0.195. The van der Waals surface area contributed by atoms with Crippen LogP contribution in [-0.4, -0.2) is 34.9 Å². The second-order valence-electron chi connectivity index (χ2n) is 9.49. The Kier molecular flexibility index (Phi) is 7.26. The molecule has 0 fully saturated rings. The Morgan fingerprint density at radius 3 is 2.46 bits per heavy atom. The van der Waals surface area contributed by atoms with Crippen LogP contribution in [0.2, 0.25) is 0 Å². The van der Waals surface area contributed by atoms with Crippen LogP contribution in [0.5, 0.6) is 0 Å². The number of fused-ring (bicyclic) bond motifs is 1. The SMILES string of the molecule is Cc1ccc(C(=O)Nc2cc(C(F)(F)F)ccn2)cc1Cc1cnc2c(Nc3ccc(S(C)(=O)=O)cc3)cccn12. The summed E-state index contributed by atoms with van der Waals surface area (Å²) in [5.41, 5.74) is 4.04. The first-order chi connectivity index (χ1) is 19.4. The fourth-order valence-electron chi connectivity index (χ4n) is 4.29. The first-order valence-corrected chi connectivity index (χ1v) is 14.2. The van der Waals surface area contributed by atoms with E-state index in [9.17, 15) is 26.4 Å². The molecule has 0 aliphatic heterocycles. The number of imidazole rings is 1. The number of carbonyl (C=O) groups is 1. The highest BCUT2D eigenvalue weighted by atomic mass is 32.2. The molecule has 5 aromatic rings. The molecule has 5 rings (SSSR count). The van der Waals surface area contributed by atoms with Gasteiger partial charge in [-0.25, -0.2) is 18.4 Å². The number of sulfone groups is 1. The molecule has 2 N–H and O–H groups in total. The van der Waals surface area contributed by atoms with Gasteiger partial charge in [-0.15, -0.1) is 0 Å². The maximum atomic E-state index is 13.0. The molecule has 12 heteroatoms. The predicted molar refractivity (Wildman–Crippen MR) is 149 cm³/mol. The Balaban J connectivity index is 1.37. The van der Waals surface area contributed by atoms with Gasteiger partial charge in [-0.3, -0.25) is 4.79 Å². The Hall–Kier alpha value is -4.71. The van der Waals surface area contributed by atoms with E-state index in [-0.39, 0.29) is 16.3 Å². The van der Waals surface area contributed by atoms with E-state index < -0.39 is 27.5 Å². The fourth-order valence-corrected chi connectivity index (χ4v) is 4.92. The maximum absolute atomic E-state index is 13.0. The molecular weight excluding hydrogens is 555 g/mol. The average molecular weight is 580 g/mol. The van der Waals surface area contributed by atoms with Crippen molar-refractivity contribution in [1.29, 1.82) is 0 Å². The first kappa shape index (κ1) is 27.8. The van der Waals surface area contributed by atoms with Gasteiger partial charge >= 0.3 is 6.18 Å². The van der Waals surface area contributed by atoms with Crippen LogP contribution < -0.4 is 10.6 Å². The number of aryl methyl sites for hydroxylation is 1. The van der Waals surface area contributed by atoms with Crippen LogP contribution in [0.25, 0.3) is 5.65 Å². The lowest BCUT2D eigenvalue weighted by Crippen LogP contribution is -2.15. The van der Waals surface area contributed by atoms with Crippen LogP contribution >= 0.6 is 0 Å². The molecule has 0 atom stereocenters. The minimum atomic E-state index is -4.55. The highest BCUT2D eigenvalue weighted by Crippen LogP contribution is 2.30. The number of pyridine rings is 2. The number of nitrogens with zero attached hydrogens (tertiary/aromatic N) is 3. The molecular formula is C29H24F3N5O3S. The van der Waals surface area contributed by atoms with Gasteiger partial charge in [0.25, 0.3) is 5.91 Å². The van der Waals surface area contributed by atoms with Gasteiger partial charge in [-0.05, 0) is 78.7 Å². The van der Waals surface area contributed by atoms with Crippen LogP contribution in [0.3, 0.4) is 0 Å². The lowest BCUT2D eigenvalue weighted by atomic mass is 10.0. The van der Waals surface area contributed by atoms with Crippen molar-refractivity contribution < 1.29 is 26.4 Å². The summed E-state index contributed by atoms with van der Waals surface area (Å²) in [5, 5.41) is 5.71. The molecule has 0 saturated heterocycles. The van der Waals surface area contributed by atoms with Crippen molar-refractivity contribution in [1.82, 2.24) is 14.4 Å². The molecule has 0 aliphatic carbocycles. The molecule has 0 radical (unpaired) electrons. The maximum Gasteiger partial charge on any atom is 0.416 e. The molecule has 0 bridgehead atoms. The number of aromatic nitrogens is 3. The summed E-state index contributed by atoms with van der Waals surface area (Å²) in [4.78, 5) is 21.5. The summed E-state index contributed by atoms with van der Waals surface area (Å²) in [5.74, 6) is -0.774. The lowest BCUT2D eigenvalue weighted by Gasteiger charge is -2.12. The summed E-state index contributed by atoms with van der Waals surface area (Å²) in [6, 6.07) is 16.8. The Morgan fingerprint density at radius 2 is 1.76 bits per heavy atom. The van der Waals surface area contributed by atoms with Crippen molar-refractivity contribution in [3.63, 3.8) is 0 Å². The van der Waals surface area contributed by atoms with Gasteiger partial charge < -0.3 is 15.0 Å². The largest absolute Gasteiger partial charge is 0.416 e. The van der Waals surface area contributed by atoms with Crippen molar-refractivity contribution in [2.75, 3.05) is 16.9 Å². The van der Waals surface area contributed by atoms with Crippen molar-refractivity contribution >= 4 is 38.6 Å². The van der Waals surface area contributed by atoms with Gasteiger partial charge in [0.15, 0.2) is 15.5 Å². The zero-order valence-electron chi connectivity index (χ0n) is 21.9. The molecule has 3 heterocycles. The van der Waals surface area contributed by atoms with Gasteiger partial charge in [0.2, 0.25) is 0 Å². The molecule has 3 aromatic heterocycles. The van der Waals surface area contributed by atoms with Gasteiger partial charge in [-0.2, -0.15) is 13.2 Å². The number of anilines is 3. The summed E-state index contributed by atoms with van der Waals surface area (Å²) >= 11 is 0. The molecule has 210 valence electrons. The highest BCUT2D eigenvalue weighted by Gasteiger charge is 2.31. The Morgan fingerprint density at radius 1 is 1.00 bits per heavy atom. The lowest BCUT2D eigenvalue weighted by molar-refractivity contribution is -0.137. The third-order valence-corrected chi connectivity index (χ3v) is 7.61. The monoisotopic (exact) mass is 579 g/mol. The number of halogens is 3. The van der Waals surface area contributed by atoms with Crippen LogP contribution in [0.15, 0.2) is 90.2 Å². The fraction of sp³-hybridized carbons (Fsp3) is 0.138. The third-order valence-electron chi connectivity index (χ3n) is 6.49. The third kappa shape index (κ3) is 6.22. The predicted octanol–water partition coefficient (Wildman–Crippen LogP) is 6.05. The van der Waals surface area contributed by atoms with E-state index in [2.05, 4.69) is 20.6 Å². The smallest absolute Gasteiger partial charge is 0.352 e. The Bertz CT molecular complexity index is 1870. The average Bonchev–Trinajstić information content (AvgIpc) is 3.33. The molecule has 2 aromatic carbocycles. The number of carbonyl (C=O) groups excluding carboxylic acids is 1. The number of alkyl halides is 3. The van der Waals surface area contributed by atoms with E-state index in [1.54, 1.807) is 36.5 Å². The second kappa shape index (κ2) is 10.7. The molecule has 0 unspecified atom stereocenters. The van der Waals surface area contributed by atoms with Crippen molar-refractivity contribution in [2.24, 2.45) is 0 Å². The molecule has 0 aliphatic rings. The zero-order valence-corrected chi connectivity index (χ0v) is 22.7. The van der Waals surface area contributed by atoms with Crippen molar-refractivity contribution in [3.8, 4) is 0 Å². The standard InChI is InChI=1S/C29H24F3N5O3S/c1-18-5-6-19(28(38)36-26-16-21(11-12-33-26)29(30,31)32)14-20(18)15-23-17-34-27-25(4-3-13-37(23)27)35-22-7-9-24(10-8-22)41(2,39)40/h3-14,16-17,35H,15H2,1-2H3,(H,33,36,38). The van der Waals surface area contributed by atoms with Crippen LogP contribution in [0, 0.1) is 6.92 Å². The summed E-state index contributed by atoms with van der Waals surface area (Å²) < 4.78 is 64.5. The van der Waals surface area contributed by atoms with Crippen molar-refractivity contribution in [2.45, 2.75) is 24.4 Å². The molecule has 1 amide bonds. The van der Waals surface area contributed by atoms with Crippen LogP contribution in [-0.2, 0) is 22.4 Å². The minimum Gasteiger partial charge on any atom is -0.352 e. The molecule has 0 spiro atoms. The number of hydrogen-bond acceptors (Lipinski definition) is 6. The number of benzene rings is 2. The number of hydrogen-bond donors (Lipinski definition) is 2. The van der Waals surface area contributed by atoms with E-state index in [1.165, 1.54) is 12.1 Å². The second-order valence-corrected chi connectivity index (χ2v) is 11.5. The van der Waals surface area contributed by atoms with Crippen LogP contribution in [0.4, 0.5) is 30.4 Å². The summed E-state index contributed by atoms with van der Waals surface area (Å²) in [6.45, 7) is 1.90. The topological polar surface area (TPSA) is 105 Å². The summed E-state index contributed by atoms with van der Waals surface area (Å²) in [7, 11) is -3.30. The number of nitrogens with one attached hydrogen (secondary N) is 2. The van der Waals surface area contributed by atoms with E-state index in [4.69, 9.17) is 0 Å². The quantitative estimate of drug-likeness (QED) is 0.243. The molecule has 41 heavy (non-hydrogen) atoms. The first-order valence-electron chi connectivity index (χ1n) is 12.3. The number of amides is 1. The number of rotatable bonds is 7. The highest BCUT2D eigenvalue weighted by molar-refractivity contribution is 7.90. The molecule has 0 saturated carbocycles. The van der Waals surface area contributed by atoms with Gasteiger partial charge in [0.1, 0.15) is 5.82 Å². The summed E-state index contributed by atoms with van der Waals surface area (Å²) in [6.07, 6.45) is 1.62. The van der Waals surface area contributed by atoms with E-state index in [0.717, 1.165) is 41.4 Å². The zero-order chi connectivity index (χ0) is 29.4. The Labute approximate surface area is 233 Å². The van der Waals surface area contributed by atoms with Gasteiger partial charge in [-0.1, -0.05) is 6.07 Å². The van der Waals surface area contributed by atoms with E-state index in [0.29, 0.717) is 23.4 Å². The van der Waals surface area contributed by atoms with E-state index >= 15 is 0 Å². The normalized spacial score (nSPS) is 11.9. The van der Waals surface area contributed by atoms with Crippen molar-refractivity contribution in [3.05, 3.63) is 113 Å². The van der Waals surface area contributed by atoms with E-state index in [1.807, 2.05) is 29.7 Å². The van der Waals surface area contributed by atoms with Gasteiger partial charge in [0, 0.05) is 48.2 Å².